The lowest BCUT2D eigenvalue weighted by Crippen LogP contribution is -1.98. The fourth-order valence-corrected chi connectivity index (χ4v) is 2.83. The molecule has 0 amide bonds. The average molecular weight is 278 g/mol. The van der Waals surface area contributed by atoms with Crippen molar-refractivity contribution in [1.82, 2.24) is 0 Å². The second-order valence-electron chi connectivity index (χ2n) is 4.56. The topological polar surface area (TPSA) is 35.5 Å². The molecule has 3 nitrogen and oxygen atoms in total. The first-order chi connectivity index (χ1) is 9.11. The van der Waals surface area contributed by atoms with E-state index in [4.69, 9.17) is 9.05 Å². The highest BCUT2D eigenvalue weighted by molar-refractivity contribution is 7.53. The number of hydrogen-bond acceptors (Lipinski definition) is 3. The van der Waals surface area contributed by atoms with Crippen LogP contribution in [0.1, 0.15) is 19.8 Å². The van der Waals surface area contributed by atoms with Gasteiger partial charge in [-0.2, -0.15) is 0 Å². The van der Waals surface area contributed by atoms with Gasteiger partial charge < -0.3 is 4.52 Å². The van der Waals surface area contributed by atoms with E-state index in [2.05, 4.69) is 6.92 Å². The Morgan fingerprint density at radius 1 is 1.11 bits per heavy atom. The van der Waals surface area contributed by atoms with Crippen molar-refractivity contribution in [3.63, 3.8) is 0 Å². The van der Waals surface area contributed by atoms with Crippen LogP contribution in [0.5, 0.6) is 5.75 Å². The Morgan fingerprint density at radius 3 is 2.58 bits per heavy atom. The van der Waals surface area contributed by atoms with Gasteiger partial charge in [0.25, 0.3) is 0 Å². The third-order valence-corrected chi connectivity index (χ3v) is 4.01. The summed E-state index contributed by atoms with van der Waals surface area (Å²) < 4.78 is 23.0. The normalized spacial score (nSPS) is 14.2. The predicted octanol–water partition coefficient (Wildman–Crippen LogP) is 4.86. The lowest BCUT2D eigenvalue weighted by Gasteiger charge is -2.15. The van der Waals surface area contributed by atoms with Crippen LogP contribution in [0.4, 0.5) is 0 Å². The van der Waals surface area contributed by atoms with Crippen LogP contribution in [0.2, 0.25) is 0 Å². The largest absolute Gasteiger partial charge is 0.425 e. The quantitative estimate of drug-likeness (QED) is 0.559. The van der Waals surface area contributed by atoms with Crippen LogP contribution in [0.3, 0.4) is 0 Å². The highest BCUT2D eigenvalue weighted by Crippen LogP contribution is 2.44. The van der Waals surface area contributed by atoms with Crippen molar-refractivity contribution in [2.45, 2.75) is 19.8 Å². The van der Waals surface area contributed by atoms with Crippen LogP contribution in [-0.2, 0) is 9.09 Å². The summed E-state index contributed by atoms with van der Waals surface area (Å²) in [7, 11) is -3.02. The van der Waals surface area contributed by atoms with Gasteiger partial charge in [-0.25, -0.2) is 4.57 Å². The van der Waals surface area contributed by atoms with Gasteiger partial charge in [0.1, 0.15) is 5.75 Å². The highest BCUT2D eigenvalue weighted by Gasteiger charge is 2.18. The van der Waals surface area contributed by atoms with Gasteiger partial charge in [-0.3, -0.25) is 4.52 Å². The third kappa shape index (κ3) is 4.09. The molecule has 19 heavy (non-hydrogen) atoms. The zero-order valence-corrected chi connectivity index (χ0v) is 12.2. The summed E-state index contributed by atoms with van der Waals surface area (Å²) in [5.74, 6) is 0.584. The fourth-order valence-electron chi connectivity index (χ4n) is 1.82. The van der Waals surface area contributed by atoms with Crippen molar-refractivity contribution in [1.29, 1.82) is 0 Å². The Labute approximate surface area is 114 Å². The van der Waals surface area contributed by atoms with E-state index >= 15 is 0 Å². The van der Waals surface area contributed by atoms with Crippen molar-refractivity contribution in [3.8, 4) is 5.75 Å². The Balaban J connectivity index is 2.10. The summed E-state index contributed by atoms with van der Waals surface area (Å²) in [5, 5.41) is 2.20. The molecule has 2 aromatic rings. The first-order valence-electron chi connectivity index (χ1n) is 6.51. The summed E-state index contributed by atoms with van der Waals surface area (Å²) in [6, 6.07) is 13.6. The minimum Gasteiger partial charge on any atom is -0.425 e. The maximum absolute atomic E-state index is 12.1. The third-order valence-electron chi connectivity index (χ3n) is 2.82. The molecule has 0 aromatic heterocycles. The molecule has 0 aliphatic heterocycles. The lowest BCUT2D eigenvalue weighted by atomic mass is 10.1. The molecule has 102 valence electrons. The Kier molecular flexibility index (Phi) is 4.62. The molecule has 0 spiro atoms. The second kappa shape index (κ2) is 6.23. The lowest BCUT2D eigenvalue weighted by molar-refractivity contribution is 0.265. The highest BCUT2D eigenvalue weighted by atomic mass is 31.2. The molecule has 0 saturated carbocycles. The number of hydrogen-bond donors (Lipinski definition) is 0. The molecule has 0 saturated heterocycles. The molecule has 0 aliphatic rings. The standard InChI is InChI=1S/C15H19O3P/c1-3-4-11-17-19(2,16)18-15-10-9-13-7-5-6-8-14(13)12-15/h5-10,12H,3-4,11H2,1-2H3. The van der Waals surface area contributed by atoms with E-state index in [0.717, 1.165) is 23.6 Å². The summed E-state index contributed by atoms with van der Waals surface area (Å²) >= 11 is 0. The predicted molar refractivity (Wildman–Crippen MR) is 79.0 cm³/mol. The van der Waals surface area contributed by atoms with Crippen molar-refractivity contribution in [2.24, 2.45) is 0 Å². The van der Waals surface area contributed by atoms with Crippen molar-refractivity contribution in [2.75, 3.05) is 13.3 Å². The molecule has 0 radical (unpaired) electrons. The Bertz CT molecular complexity index is 595. The minimum absolute atomic E-state index is 0.470. The maximum atomic E-state index is 12.1. The Hall–Kier alpha value is -1.31. The van der Waals surface area contributed by atoms with Gasteiger partial charge in [0.2, 0.25) is 0 Å². The number of benzene rings is 2. The van der Waals surface area contributed by atoms with E-state index in [9.17, 15) is 4.57 Å². The van der Waals surface area contributed by atoms with Gasteiger partial charge in [-0.1, -0.05) is 43.7 Å². The van der Waals surface area contributed by atoms with E-state index < -0.39 is 7.60 Å². The molecule has 0 heterocycles. The number of rotatable bonds is 6. The average Bonchev–Trinajstić information content (AvgIpc) is 2.38. The second-order valence-corrected chi connectivity index (χ2v) is 6.54. The number of unbranched alkanes of at least 4 members (excludes halogenated alkanes) is 1. The molecule has 0 N–H and O–H groups in total. The van der Waals surface area contributed by atoms with Crippen molar-refractivity contribution < 1.29 is 13.6 Å². The molecule has 2 aromatic carbocycles. The van der Waals surface area contributed by atoms with Gasteiger partial charge in [-0.05, 0) is 29.3 Å². The van der Waals surface area contributed by atoms with Gasteiger partial charge >= 0.3 is 7.60 Å². The van der Waals surface area contributed by atoms with E-state index in [1.54, 1.807) is 0 Å². The van der Waals surface area contributed by atoms with Crippen molar-refractivity contribution >= 4 is 18.4 Å². The molecule has 4 heteroatoms. The fraction of sp³-hybridized carbons (Fsp3) is 0.333. The molecular weight excluding hydrogens is 259 g/mol. The molecule has 0 bridgehead atoms. The van der Waals surface area contributed by atoms with Crippen LogP contribution in [0.15, 0.2) is 42.5 Å². The first kappa shape index (κ1) is 14.1. The smallest absolute Gasteiger partial charge is 0.376 e. The Morgan fingerprint density at radius 2 is 1.84 bits per heavy atom. The summed E-state index contributed by atoms with van der Waals surface area (Å²) in [6.07, 6.45) is 1.90. The minimum atomic E-state index is -3.02. The first-order valence-corrected chi connectivity index (χ1v) is 8.50. The summed E-state index contributed by atoms with van der Waals surface area (Å²) in [5.41, 5.74) is 0. The van der Waals surface area contributed by atoms with Gasteiger partial charge in [0, 0.05) is 6.66 Å². The van der Waals surface area contributed by atoms with E-state index in [1.165, 1.54) is 6.66 Å². The number of fused-ring (bicyclic) bond motifs is 1. The monoisotopic (exact) mass is 278 g/mol. The van der Waals surface area contributed by atoms with Crippen LogP contribution >= 0.6 is 7.60 Å². The summed E-state index contributed by atoms with van der Waals surface area (Å²) in [4.78, 5) is 0. The SMILES string of the molecule is CCCCOP(C)(=O)Oc1ccc2ccccc2c1. The maximum Gasteiger partial charge on any atom is 0.376 e. The van der Waals surface area contributed by atoms with Crippen LogP contribution < -0.4 is 4.52 Å². The van der Waals surface area contributed by atoms with Crippen LogP contribution in [-0.4, -0.2) is 13.3 Å². The zero-order valence-electron chi connectivity index (χ0n) is 11.3. The van der Waals surface area contributed by atoms with E-state index in [0.29, 0.717) is 12.4 Å². The van der Waals surface area contributed by atoms with Gasteiger partial charge in [0.05, 0.1) is 6.61 Å². The van der Waals surface area contributed by atoms with E-state index in [-0.39, 0.29) is 0 Å². The zero-order chi connectivity index (χ0) is 13.7. The molecule has 1 unspecified atom stereocenters. The van der Waals surface area contributed by atoms with Crippen molar-refractivity contribution in [3.05, 3.63) is 42.5 Å². The molecule has 2 rings (SSSR count). The summed E-state index contributed by atoms with van der Waals surface area (Å²) in [6.45, 7) is 4.05. The van der Waals surface area contributed by atoms with Gasteiger partial charge in [0.15, 0.2) is 0 Å². The molecule has 0 aliphatic carbocycles. The molecule has 0 fully saturated rings. The molecular formula is C15H19O3P. The molecule has 1 atom stereocenters. The van der Waals surface area contributed by atoms with Gasteiger partial charge in [-0.15, -0.1) is 0 Å². The van der Waals surface area contributed by atoms with Crippen LogP contribution in [0.25, 0.3) is 10.8 Å². The van der Waals surface area contributed by atoms with E-state index in [1.807, 2.05) is 42.5 Å². The van der Waals surface area contributed by atoms with Crippen LogP contribution in [0, 0.1) is 0 Å².